The fourth-order valence-electron chi connectivity index (χ4n) is 2.80. The third-order valence-corrected chi connectivity index (χ3v) is 5.91. The van der Waals surface area contributed by atoms with Gasteiger partial charge in [-0.25, -0.2) is 13.4 Å². The molecule has 1 N–H and O–H groups in total. The lowest BCUT2D eigenvalue weighted by Gasteiger charge is -2.23. The lowest BCUT2D eigenvalue weighted by molar-refractivity contribution is -0.141. The van der Waals surface area contributed by atoms with Gasteiger partial charge in [0, 0.05) is 10.6 Å². The van der Waals surface area contributed by atoms with Gasteiger partial charge >= 0.3 is 6.18 Å². The summed E-state index contributed by atoms with van der Waals surface area (Å²) in [7, 11) is -3.66. The number of hydrogen-bond acceptors (Lipinski definition) is 4. The summed E-state index contributed by atoms with van der Waals surface area (Å²) in [5.41, 5.74) is 0.124. The molecule has 11 heteroatoms. The zero-order chi connectivity index (χ0) is 23.5. The van der Waals surface area contributed by atoms with Gasteiger partial charge < -0.3 is 5.32 Å². The van der Waals surface area contributed by atoms with Gasteiger partial charge in [-0.05, 0) is 48.0 Å². The predicted molar refractivity (Wildman–Crippen MR) is 116 cm³/mol. The average Bonchev–Trinajstić information content (AvgIpc) is 2.72. The van der Waals surface area contributed by atoms with Crippen LogP contribution in [-0.2, 0) is 22.7 Å². The van der Waals surface area contributed by atoms with Crippen molar-refractivity contribution in [1.29, 1.82) is 0 Å². The lowest BCUT2D eigenvalue weighted by Crippen LogP contribution is -2.29. The number of nitrogens with one attached hydrogen (secondary N) is 1. The molecule has 0 bridgehead atoms. The molecule has 0 saturated carbocycles. The van der Waals surface area contributed by atoms with Crippen LogP contribution >= 0.6 is 11.6 Å². The Hall–Kier alpha value is -3.11. The van der Waals surface area contributed by atoms with E-state index in [1.807, 2.05) is 0 Å². The van der Waals surface area contributed by atoms with E-state index in [1.54, 1.807) is 24.3 Å². The second-order valence-electron chi connectivity index (χ2n) is 6.79. The minimum absolute atomic E-state index is 0.00126. The zero-order valence-corrected chi connectivity index (χ0v) is 18.2. The lowest BCUT2D eigenvalue weighted by atomic mass is 10.1. The number of pyridine rings is 1. The summed E-state index contributed by atoms with van der Waals surface area (Å²) in [5.74, 6) is -0.588. The maximum atomic E-state index is 12.6. The van der Waals surface area contributed by atoms with Crippen LogP contribution in [0.1, 0.15) is 21.6 Å². The van der Waals surface area contributed by atoms with Crippen molar-refractivity contribution in [3.8, 4) is 0 Å². The van der Waals surface area contributed by atoms with Gasteiger partial charge in [0.05, 0.1) is 30.4 Å². The fraction of sp³-hybridized carbons (Fsp3) is 0.143. The van der Waals surface area contributed by atoms with Crippen molar-refractivity contribution >= 4 is 38.9 Å². The molecule has 1 heterocycles. The predicted octanol–water partition coefficient (Wildman–Crippen LogP) is 4.97. The van der Waals surface area contributed by atoms with Crippen molar-refractivity contribution < 1.29 is 26.4 Å². The Morgan fingerprint density at radius 1 is 1.06 bits per heavy atom. The van der Waals surface area contributed by atoms with E-state index in [4.69, 9.17) is 11.6 Å². The van der Waals surface area contributed by atoms with Crippen LogP contribution in [0.2, 0.25) is 5.02 Å². The van der Waals surface area contributed by atoms with Crippen molar-refractivity contribution in [1.82, 2.24) is 4.98 Å². The third kappa shape index (κ3) is 5.77. The second kappa shape index (κ2) is 9.17. The minimum atomic E-state index is -4.58. The van der Waals surface area contributed by atoms with Gasteiger partial charge in [0.15, 0.2) is 0 Å². The summed E-state index contributed by atoms with van der Waals surface area (Å²) >= 11 is 6.14. The number of hydrogen-bond donors (Lipinski definition) is 1. The number of amides is 1. The largest absolute Gasteiger partial charge is 0.433 e. The topological polar surface area (TPSA) is 79.4 Å². The number of halogens is 4. The Morgan fingerprint density at radius 2 is 1.72 bits per heavy atom. The smallest absolute Gasteiger partial charge is 0.321 e. The van der Waals surface area contributed by atoms with Crippen LogP contribution in [0.3, 0.4) is 0 Å². The van der Waals surface area contributed by atoms with Gasteiger partial charge in [-0.3, -0.25) is 9.10 Å². The van der Waals surface area contributed by atoms with Gasteiger partial charge in [-0.2, -0.15) is 13.2 Å². The van der Waals surface area contributed by atoms with Crippen LogP contribution in [0.5, 0.6) is 0 Å². The highest BCUT2D eigenvalue weighted by Crippen LogP contribution is 2.28. The first-order valence-electron chi connectivity index (χ1n) is 9.11. The maximum absolute atomic E-state index is 12.6. The van der Waals surface area contributed by atoms with Crippen LogP contribution in [0.4, 0.5) is 24.5 Å². The first-order chi connectivity index (χ1) is 14.9. The Bertz CT molecular complexity index is 1220. The van der Waals surface area contributed by atoms with E-state index >= 15 is 0 Å². The number of sulfonamides is 1. The number of rotatable bonds is 6. The first kappa shape index (κ1) is 23.6. The Labute approximate surface area is 187 Å². The molecule has 0 aliphatic heterocycles. The number of benzene rings is 2. The highest BCUT2D eigenvalue weighted by molar-refractivity contribution is 7.92. The number of carbonyl (C=O) groups excluding carboxylic acids is 1. The summed E-state index contributed by atoms with van der Waals surface area (Å²) in [6.45, 7) is 0.00126. The fourth-order valence-corrected chi connectivity index (χ4v) is 3.87. The molecule has 0 aliphatic rings. The van der Waals surface area contributed by atoms with Crippen molar-refractivity contribution in [3.05, 3.63) is 88.7 Å². The SMILES string of the molecule is CS(=O)(=O)N(Cc1ccccc1Cl)c1ccc(C(=O)Nc2ccc(C(F)(F)F)nc2)cc1. The molecule has 1 aromatic heterocycles. The second-order valence-corrected chi connectivity index (χ2v) is 9.11. The molecule has 0 unspecified atom stereocenters. The Morgan fingerprint density at radius 3 is 2.25 bits per heavy atom. The first-order valence-corrected chi connectivity index (χ1v) is 11.3. The van der Waals surface area contributed by atoms with Crippen molar-refractivity contribution in [2.75, 3.05) is 15.9 Å². The number of anilines is 2. The average molecular weight is 484 g/mol. The Kier molecular flexibility index (Phi) is 6.75. The van der Waals surface area contributed by atoms with Crippen LogP contribution in [0, 0.1) is 0 Å². The molecule has 0 saturated heterocycles. The molecule has 0 atom stereocenters. The summed E-state index contributed by atoms with van der Waals surface area (Å²) < 4.78 is 63.6. The van der Waals surface area contributed by atoms with Gasteiger partial charge in [-0.15, -0.1) is 0 Å². The molecule has 32 heavy (non-hydrogen) atoms. The highest BCUT2D eigenvalue weighted by atomic mass is 35.5. The standard InChI is InChI=1S/C21H17ClF3N3O3S/c1-32(30,31)28(13-15-4-2-3-5-18(15)22)17-9-6-14(7-10-17)20(29)27-16-8-11-19(26-12-16)21(23,24)25/h2-12H,13H2,1H3,(H,27,29). The van der Waals surface area contributed by atoms with Crippen LogP contribution in [0.15, 0.2) is 66.9 Å². The van der Waals surface area contributed by atoms with Gasteiger partial charge in [-0.1, -0.05) is 29.8 Å². The highest BCUT2D eigenvalue weighted by Gasteiger charge is 2.32. The number of nitrogens with zero attached hydrogens (tertiary/aromatic N) is 2. The third-order valence-electron chi connectivity index (χ3n) is 4.40. The molecule has 0 radical (unpaired) electrons. The quantitative estimate of drug-likeness (QED) is 0.536. The summed E-state index contributed by atoms with van der Waals surface area (Å²) in [6, 6.07) is 14.4. The van der Waals surface area contributed by atoms with E-state index in [0.717, 1.165) is 28.9 Å². The van der Waals surface area contributed by atoms with Crippen LogP contribution in [-0.4, -0.2) is 25.6 Å². The van der Waals surface area contributed by atoms with Gasteiger partial charge in [0.2, 0.25) is 10.0 Å². The minimum Gasteiger partial charge on any atom is -0.321 e. The van der Waals surface area contributed by atoms with E-state index in [1.165, 1.54) is 24.3 Å². The van der Waals surface area contributed by atoms with Crippen LogP contribution < -0.4 is 9.62 Å². The molecule has 1 amide bonds. The van der Waals surface area contributed by atoms with Crippen molar-refractivity contribution in [2.24, 2.45) is 0 Å². The molecule has 0 spiro atoms. The number of carbonyl (C=O) groups is 1. The van der Waals surface area contributed by atoms with Crippen molar-refractivity contribution in [3.63, 3.8) is 0 Å². The van der Waals surface area contributed by atoms with E-state index in [0.29, 0.717) is 16.3 Å². The molecule has 0 aliphatic carbocycles. The monoisotopic (exact) mass is 483 g/mol. The molecule has 3 rings (SSSR count). The van der Waals surface area contributed by atoms with E-state index in [9.17, 15) is 26.4 Å². The zero-order valence-electron chi connectivity index (χ0n) is 16.6. The van der Waals surface area contributed by atoms with E-state index in [-0.39, 0.29) is 17.8 Å². The normalized spacial score (nSPS) is 11.8. The summed E-state index contributed by atoms with van der Waals surface area (Å²) in [5, 5.41) is 2.86. The maximum Gasteiger partial charge on any atom is 0.433 e. The number of aromatic nitrogens is 1. The van der Waals surface area contributed by atoms with Gasteiger partial charge in [0.25, 0.3) is 5.91 Å². The van der Waals surface area contributed by atoms with Crippen molar-refractivity contribution in [2.45, 2.75) is 12.7 Å². The summed E-state index contributed by atoms with van der Waals surface area (Å²) in [6.07, 6.45) is -2.61. The molecule has 2 aromatic carbocycles. The molecular weight excluding hydrogens is 467 g/mol. The van der Waals surface area contributed by atoms with E-state index in [2.05, 4.69) is 10.3 Å². The molecule has 6 nitrogen and oxygen atoms in total. The molecule has 0 fully saturated rings. The molecule has 168 valence electrons. The van der Waals surface area contributed by atoms with E-state index < -0.39 is 27.8 Å². The number of alkyl halides is 3. The molecule has 3 aromatic rings. The van der Waals surface area contributed by atoms with Gasteiger partial charge in [0.1, 0.15) is 5.69 Å². The van der Waals surface area contributed by atoms with Crippen LogP contribution in [0.25, 0.3) is 0 Å². The molecular formula is C21H17ClF3N3O3S. The Balaban J connectivity index is 1.77. The summed E-state index contributed by atoms with van der Waals surface area (Å²) in [4.78, 5) is 15.7.